The number of fused-ring (bicyclic) bond motifs is 1. The molecule has 1 unspecified atom stereocenters. The molecule has 0 spiro atoms. The minimum Gasteiger partial charge on any atom is -0.493 e. The van der Waals surface area contributed by atoms with Gasteiger partial charge in [0.1, 0.15) is 5.75 Å². The van der Waals surface area contributed by atoms with Crippen molar-refractivity contribution in [2.24, 2.45) is 5.92 Å². The third-order valence-corrected chi connectivity index (χ3v) is 4.25. The molecule has 3 rings (SSSR count). The maximum atomic E-state index is 5.83. The highest BCUT2D eigenvalue weighted by Crippen LogP contribution is 2.33. The van der Waals surface area contributed by atoms with Crippen molar-refractivity contribution >= 4 is 15.9 Å². The van der Waals surface area contributed by atoms with Gasteiger partial charge in [-0.2, -0.15) is 0 Å². The fraction of sp³-hybridized carbons (Fsp3) is 0.538. The number of rotatable bonds is 2. The molecule has 2 aliphatic rings. The smallest absolute Gasteiger partial charge is 0.123 e. The molecular formula is C13H16BrNO. The standard InChI is InChI=1S/C13H16BrNO/c14-12-3-1-4-13-11(12)7-10(9-16-13)8-15-5-2-6-15/h1,3-4,10H,2,5-9H2. The van der Waals surface area contributed by atoms with Gasteiger partial charge in [0.05, 0.1) is 6.61 Å². The van der Waals surface area contributed by atoms with Gasteiger partial charge in [-0.25, -0.2) is 0 Å². The van der Waals surface area contributed by atoms with Crippen molar-refractivity contribution in [2.45, 2.75) is 12.8 Å². The van der Waals surface area contributed by atoms with Gasteiger partial charge in [0, 0.05) is 22.5 Å². The van der Waals surface area contributed by atoms with Gasteiger partial charge in [-0.05, 0) is 38.1 Å². The Morgan fingerprint density at radius 3 is 3.00 bits per heavy atom. The summed E-state index contributed by atoms with van der Waals surface area (Å²) in [6.07, 6.45) is 2.51. The largest absolute Gasteiger partial charge is 0.493 e. The molecule has 3 heteroatoms. The van der Waals surface area contributed by atoms with Crippen LogP contribution in [0.4, 0.5) is 0 Å². The third-order valence-electron chi connectivity index (χ3n) is 3.51. The maximum absolute atomic E-state index is 5.83. The molecule has 0 saturated carbocycles. The second-order valence-corrected chi connectivity index (χ2v) is 5.61. The van der Waals surface area contributed by atoms with E-state index < -0.39 is 0 Å². The van der Waals surface area contributed by atoms with E-state index in [-0.39, 0.29) is 0 Å². The predicted octanol–water partition coefficient (Wildman–Crippen LogP) is 2.71. The molecule has 0 aliphatic carbocycles. The third kappa shape index (κ3) is 1.98. The molecule has 86 valence electrons. The number of halogens is 1. The second kappa shape index (κ2) is 4.38. The van der Waals surface area contributed by atoms with Crippen LogP contribution in [0, 0.1) is 5.92 Å². The summed E-state index contributed by atoms with van der Waals surface area (Å²) in [7, 11) is 0. The predicted molar refractivity (Wildman–Crippen MR) is 67.9 cm³/mol. The molecule has 1 fully saturated rings. The van der Waals surface area contributed by atoms with E-state index in [0.717, 1.165) is 18.8 Å². The normalized spacial score (nSPS) is 24.4. The first-order valence-electron chi connectivity index (χ1n) is 5.95. The molecule has 1 saturated heterocycles. The van der Waals surface area contributed by atoms with Crippen molar-refractivity contribution in [1.29, 1.82) is 0 Å². The second-order valence-electron chi connectivity index (χ2n) is 4.75. The van der Waals surface area contributed by atoms with E-state index >= 15 is 0 Å². The number of hydrogen-bond acceptors (Lipinski definition) is 2. The van der Waals surface area contributed by atoms with Crippen molar-refractivity contribution < 1.29 is 4.74 Å². The molecule has 0 bridgehead atoms. The molecule has 1 aromatic carbocycles. The van der Waals surface area contributed by atoms with Crippen LogP contribution in [0.5, 0.6) is 5.75 Å². The quantitative estimate of drug-likeness (QED) is 0.827. The van der Waals surface area contributed by atoms with E-state index in [0.29, 0.717) is 5.92 Å². The zero-order valence-electron chi connectivity index (χ0n) is 9.29. The Balaban J connectivity index is 1.72. The lowest BCUT2D eigenvalue weighted by Gasteiger charge is -2.36. The summed E-state index contributed by atoms with van der Waals surface area (Å²) in [6.45, 7) is 4.62. The fourth-order valence-electron chi connectivity index (χ4n) is 2.47. The van der Waals surface area contributed by atoms with E-state index in [1.807, 2.05) is 6.07 Å². The number of ether oxygens (including phenoxy) is 1. The lowest BCUT2D eigenvalue weighted by atomic mass is 9.95. The van der Waals surface area contributed by atoms with Crippen LogP contribution in [0.25, 0.3) is 0 Å². The van der Waals surface area contributed by atoms with Gasteiger partial charge >= 0.3 is 0 Å². The molecule has 2 heterocycles. The molecule has 1 aromatic rings. The van der Waals surface area contributed by atoms with Crippen molar-refractivity contribution in [3.63, 3.8) is 0 Å². The lowest BCUT2D eigenvalue weighted by molar-refractivity contribution is 0.116. The molecule has 0 amide bonds. The number of likely N-dealkylation sites (tertiary alicyclic amines) is 1. The molecule has 0 aromatic heterocycles. The summed E-state index contributed by atoms with van der Waals surface area (Å²) in [5, 5.41) is 0. The number of nitrogens with zero attached hydrogens (tertiary/aromatic N) is 1. The zero-order chi connectivity index (χ0) is 11.0. The summed E-state index contributed by atoms with van der Waals surface area (Å²) in [4.78, 5) is 2.52. The van der Waals surface area contributed by atoms with E-state index in [1.54, 1.807) is 0 Å². The average Bonchev–Trinajstić information content (AvgIpc) is 2.24. The summed E-state index contributed by atoms with van der Waals surface area (Å²) in [5.74, 6) is 1.72. The highest BCUT2D eigenvalue weighted by molar-refractivity contribution is 9.10. The van der Waals surface area contributed by atoms with Crippen LogP contribution in [0.2, 0.25) is 0 Å². The maximum Gasteiger partial charge on any atom is 0.123 e. The van der Waals surface area contributed by atoms with Crippen molar-refractivity contribution in [3.8, 4) is 5.75 Å². The Labute approximate surface area is 105 Å². The first-order valence-corrected chi connectivity index (χ1v) is 6.75. The van der Waals surface area contributed by atoms with Crippen molar-refractivity contribution in [1.82, 2.24) is 4.90 Å². The van der Waals surface area contributed by atoms with Crippen LogP contribution in [0.1, 0.15) is 12.0 Å². The van der Waals surface area contributed by atoms with Crippen LogP contribution in [-0.4, -0.2) is 31.1 Å². The Morgan fingerprint density at radius 2 is 2.25 bits per heavy atom. The number of hydrogen-bond donors (Lipinski definition) is 0. The Hall–Kier alpha value is -0.540. The molecule has 16 heavy (non-hydrogen) atoms. The zero-order valence-corrected chi connectivity index (χ0v) is 10.9. The Kier molecular flexibility index (Phi) is 2.90. The van der Waals surface area contributed by atoms with E-state index in [2.05, 4.69) is 33.0 Å². The van der Waals surface area contributed by atoms with Gasteiger partial charge in [0.15, 0.2) is 0 Å². The highest BCUT2D eigenvalue weighted by atomic mass is 79.9. The summed E-state index contributed by atoms with van der Waals surface area (Å²) < 4.78 is 7.02. The molecule has 0 radical (unpaired) electrons. The van der Waals surface area contributed by atoms with Crippen molar-refractivity contribution in [2.75, 3.05) is 26.2 Å². The van der Waals surface area contributed by atoms with Gasteiger partial charge in [-0.3, -0.25) is 0 Å². The molecule has 2 nitrogen and oxygen atoms in total. The van der Waals surface area contributed by atoms with Crippen LogP contribution in [0.15, 0.2) is 22.7 Å². The Bertz CT molecular complexity index is 390. The van der Waals surface area contributed by atoms with E-state index in [1.165, 1.54) is 36.1 Å². The summed E-state index contributed by atoms with van der Waals surface area (Å²) >= 11 is 3.61. The highest BCUT2D eigenvalue weighted by Gasteiger charge is 2.25. The monoisotopic (exact) mass is 281 g/mol. The van der Waals surface area contributed by atoms with Gasteiger partial charge < -0.3 is 9.64 Å². The first-order chi connectivity index (χ1) is 7.83. The number of benzene rings is 1. The van der Waals surface area contributed by atoms with Crippen LogP contribution < -0.4 is 4.74 Å². The topological polar surface area (TPSA) is 12.5 Å². The van der Waals surface area contributed by atoms with Gasteiger partial charge in [0.2, 0.25) is 0 Å². The van der Waals surface area contributed by atoms with Crippen molar-refractivity contribution in [3.05, 3.63) is 28.2 Å². The molecule has 0 N–H and O–H groups in total. The fourth-order valence-corrected chi connectivity index (χ4v) is 2.98. The average molecular weight is 282 g/mol. The summed E-state index contributed by atoms with van der Waals surface area (Å²) in [6, 6.07) is 6.22. The van der Waals surface area contributed by atoms with Crippen LogP contribution >= 0.6 is 15.9 Å². The first kappa shape index (κ1) is 10.6. The van der Waals surface area contributed by atoms with Crippen LogP contribution in [-0.2, 0) is 6.42 Å². The van der Waals surface area contributed by atoms with Gasteiger partial charge in [-0.1, -0.05) is 22.0 Å². The Morgan fingerprint density at radius 1 is 1.38 bits per heavy atom. The minimum atomic E-state index is 0.659. The molecule has 2 aliphatic heterocycles. The lowest BCUT2D eigenvalue weighted by Crippen LogP contribution is -2.43. The van der Waals surface area contributed by atoms with Crippen LogP contribution in [0.3, 0.4) is 0 Å². The SMILES string of the molecule is Brc1cccc2c1CC(CN1CCC1)CO2. The molecular weight excluding hydrogens is 266 g/mol. The molecule has 1 atom stereocenters. The minimum absolute atomic E-state index is 0.659. The van der Waals surface area contributed by atoms with E-state index in [9.17, 15) is 0 Å². The van der Waals surface area contributed by atoms with Gasteiger partial charge in [-0.15, -0.1) is 0 Å². The van der Waals surface area contributed by atoms with Gasteiger partial charge in [0.25, 0.3) is 0 Å². The summed E-state index contributed by atoms with van der Waals surface area (Å²) in [5.41, 5.74) is 1.35. The van der Waals surface area contributed by atoms with E-state index in [4.69, 9.17) is 4.74 Å².